The number of amides is 1. The Labute approximate surface area is 192 Å². The summed E-state index contributed by atoms with van der Waals surface area (Å²) >= 11 is 0. The van der Waals surface area contributed by atoms with Crippen molar-refractivity contribution in [2.45, 2.75) is 31.2 Å². The number of rotatable bonds is 8. The van der Waals surface area contributed by atoms with Gasteiger partial charge >= 0.3 is 5.97 Å². The van der Waals surface area contributed by atoms with Crippen molar-refractivity contribution in [1.82, 2.24) is 9.62 Å². The van der Waals surface area contributed by atoms with Gasteiger partial charge < -0.3 is 23.9 Å². The van der Waals surface area contributed by atoms with E-state index in [1.165, 1.54) is 37.8 Å². The first-order valence-electron chi connectivity index (χ1n) is 10.4. The average molecular weight is 481 g/mol. The number of carbonyl (C=O) groups is 2. The number of carbonyl (C=O) groups excluding carboxylic acids is 2. The molecule has 1 saturated heterocycles. The van der Waals surface area contributed by atoms with Crippen LogP contribution in [0.3, 0.4) is 0 Å². The molecule has 1 amide bonds. The van der Waals surface area contributed by atoms with Crippen LogP contribution in [0.1, 0.15) is 34.7 Å². The Morgan fingerprint density at radius 3 is 2.36 bits per heavy atom. The van der Waals surface area contributed by atoms with Crippen molar-refractivity contribution in [3.05, 3.63) is 41.3 Å². The predicted molar refractivity (Wildman–Crippen MR) is 118 cm³/mol. The number of hydrogen-bond donors (Lipinski definition) is 1. The lowest BCUT2D eigenvalue weighted by molar-refractivity contribution is -0.126. The quantitative estimate of drug-likeness (QED) is 0.570. The summed E-state index contributed by atoms with van der Waals surface area (Å²) in [5, 5.41) is 2.80. The summed E-state index contributed by atoms with van der Waals surface area (Å²) in [5.41, 5.74) is 0.315. The molecule has 0 spiro atoms. The number of nitrogens with one attached hydrogen (secondary N) is 1. The topological polar surface area (TPSA) is 124 Å². The lowest BCUT2D eigenvalue weighted by atomic mass is 9.97. The maximum Gasteiger partial charge on any atom is 0.341 e. The van der Waals surface area contributed by atoms with E-state index in [-0.39, 0.29) is 36.4 Å². The molecular weight excluding hydrogens is 452 g/mol. The molecule has 0 bridgehead atoms. The second-order valence-corrected chi connectivity index (χ2v) is 9.53. The fourth-order valence-corrected chi connectivity index (χ4v) is 5.23. The van der Waals surface area contributed by atoms with Crippen molar-refractivity contribution in [3.63, 3.8) is 0 Å². The van der Waals surface area contributed by atoms with E-state index in [2.05, 4.69) is 5.32 Å². The molecule has 1 aliphatic rings. The first kappa shape index (κ1) is 24.6. The molecule has 0 aliphatic carbocycles. The summed E-state index contributed by atoms with van der Waals surface area (Å²) in [6.07, 6.45) is 0.784. The molecule has 0 radical (unpaired) electrons. The molecule has 1 aliphatic heterocycles. The lowest BCUT2D eigenvalue weighted by Gasteiger charge is -2.30. The van der Waals surface area contributed by atoms with Gasteiger partial charge in [0.15, 0.2) is 11.5 Å². The van der Waals surface area contributed by atoms with E-state index in [0.717, 1.165) is 0 Å². The van der Waals surface area contributed by atoms with E-state index in [1.54, 1.807) is 19.1 Å². The highest BCUT2D eigenvalue weighted by atomic mass is 32.2. The van der Waals surface area contributed by atoms with Crippen molar-refractivity contribution in [3.8, 4) is 11.5 Å². The van der Waals surface area contributed by atoms with E-state index < -0.39 is 16.0 Å². The normalized spacial score (nSPS) is 15.2. The fraction of sp³-hybridized carbons (Fsp3) is 0.455. The number of nitrogens with zero attached hydrogens (tertiary/aromatic N) is 1. The number of esters is 1. The van der Waals surface area contributed by atoms with Crippen LogP contribution in [-0.4, -0.2) is 59.0 Å². The molecule has 2 heterocycles. The monoisotopic (exact) mass is 480 g/mol. The minimum atomic E-state index is -3.73. The van der Waals surface area contributed by atoms with Crippen LogP contribution in [0.15, 0.2) is 33.6 Å². The van der Waals surface area contributed by atoms with Crippen molar-refractivity contribution in [1.29, 1.82) is 0 Å². The third-order valence-corrected chi connectivity index (χ3v) is 7.52. The molecule has 1 N–H and O–H groups in total. The molecule has 1 aromatic carbocycles. The number of methoxy groups -OCH3 is 3. The standard InChI is InChI=1S/C22H28N2O8S/c1-14-18(22(26)31-4)11-16(32-14)13-23-21(25)15-7-9-24(10-8-15)33(27,28)17-5-6-19(29-2)20(12-17)30-3/h5-6,11-12,15H,7-10,13H2,1-4H3,(H,23,25). The SMILES string of the molecule is COC(=O)c1cc(CNC(=O)C2CCN(S(=O)(=O)c3ccc(OC)c(OC)c3)CC2)oc1C. The number of hydrogen-bond acceptors (Lipinski definition) is 8. The fourth-order valence-electron chi connectivity index (χ4n) is 3.75. The van der Waals surface area contributed by atoms with E-state index >= 15 is 0 Å². The van der Waals surface area contributed by atoms with Gasteiger partial charge in [-0.2, -0.15) is 4.31 Å². The molecule has 2 aromatic rings. The van der Waals surface area contributed by atoms with Gasteiger partial charge in [0.05, 0.1) is 32.8 Å². The number of ether oxygens (including phenoxy) is 3. The van der Waals surface area contributed by atoms with Gasteiger partial charge in [-0.25, -0.2) is 13.2 Å². The number of benzene rings is 1. The summed E-state index contributed by atoms with van der Waals surface area (Å²) in [6.45, 7) is 2.22. The van der Waals surface area contributed by atoms with E-state index in [1.807, 2.05) is 0 Å². The van der Waals surface area contributed by atoms with Gasteiger partial charge in [0.2, 0.25) is 15.9 Å². The Morgan fingerprint density at radius 1 is 1.09 bits per heavy atom. The van der Waals surface area contributed by atoms with E-state index in [9.17, 15) is 18.0 Å². The number of furan rings is 1. The van der Waals surface area contributed by atoms with Crippen LogP contribution < -0.4 is 14.8 Å². The van der Waals surface area contributed by atoms with Crippen LogP contribution in [0.2, 0.25) is 0 Å². The molecule has 0 unspecified atom stereocenters. The number of aryl methyl sites for hydroxylation is 1. The molecule has 10 nitrogen and oxygen atoms in total. The molecule has 0 atom stereocenters. The summed E-state index contributed by atoms with van der Waals surface area (Å²) in [6, 6.07) is 6.00. The minimum Gasteiger partial charge on any atom is -0.493 e. The van der Waals surface area contributed by atoms with Crippen LogP contribution in [0.25, 0.3) is 0 Å². The van der Waals surface area contributed by atoms with Crippen molar-refractivity contribution in [2.24, 2.45) is 5.92 Å². The Hall–Kier alpha value is -3.05. The third-order valence-electron chi connectivity index (χ3n) is 5.63. The Kier molecular flexibility index (Phi) is 7.65. The van der Waals surface area contributed by atoms with Gasteiger partial charge in [0.25, 0.3) is 0 Å². The zero-order valence-electron chi connectivity index (χ0n) is 19.0. The zero-order valence-corrected chi connectivity index (χ0v) is 19.9. The third kappa shape index (κ3) is 5.31. The molecule has 1 aromatic heterocycles. The zero-order chi connectivity index (χ0) is 24.2. The summed E-state index contributed by atoms with van der Waals surface area (Å²) in [4.78, 5) is 24.4. The Bertz CT molecular complexity index is 1120. The highest BCUT2D eigenvalue weighted by molar-refractivity contribution is 7.89. The van der Waals surface area contributed by atoms with E-state index in [0.29, 0.717) is 41.4 Å². The van der Waals surface area contributed by atoms with Gasteiger partial charge in [0.1, 0.15) is 17.1 Å². The highest BCUT2D eigenvalue weighted by Gasteiger charge is 2.32. The second-order valence-electron chi connectivity index (χ2n) is 7.59. The smallest absolute Gasteiger partial charge is 0.341 e. The molecule has 33 heavy (non-hydrogen) atoms. The van der Waals surface area contributed by atoms with Gasteiger partial charge in [-0.3, -0.25) is 4.79 Å². The maximum absolute atomic E-state index is 13.0. The Morgan fingerprint density at radius 2 is 1.76 bits per heavy atom. The van der Waals surface area contributed by atoms with Crippen LogP contribution >= 0.6 is 0 Å². The summed E-state index contributed by atoms with van der Waals surface area (Å²) < 4.78 is 48.0. The van der Waals surface area contributed by atoms with Gasteiger partial charge in [-0.15, -0.1) is 0 Å². The van der Waals surface area contributed by atoms with Gasteiger partial charge in [0, 0.05) is 25.1 Å². The van der Waals surface area contributed by atoms with Crippen molar-refractivity contribution in [2.75, 3.05) is 34.4 Å². The average Bonchev–Trinajstić information content (AvgIpc) is 3.21. The van der Waals surface area contributed by atoms with E-state index in [4.69, 9.17) is 18.6 Å². The number of piperidine rings is 1. The van der Waals surface area contributed by atoms with Gasteiger partial charge in [-0.1, -0.05) is 0 Å². The molecule has 11 heteroatoms. The Balaban J connectivity index is 1.58. The van der Waals surface area contributed by atoms with Crippen LogP contribution in [0.4, 0.5) is 0 Å². The van der Waals surface area contributed by atoms with Crippen molar-refractivity contribution < 1.29 is 36.6 Å². The lowest BCUT2D eigenvalue weighted by Crippen LogP contribution is -2.42. The number of sulfonamides is 1. The first-order valence-corrected chi connectivity index (χ1v) is 11.8. The maximum atomic E-state index is 13.0. The second kappa shape index (κ2) is 10.3. The van der Waals surface area contributed by atoms with Crippen LogP contribution in [0, 0.1) is 12.8 Å². The largest absolute Gasteiger partial charge is 0.493 e. The molecule has 1 fully saturated rings. The summed E-state index contributed by atoms with van der Waals surface area (Å²) in [5.74, 6) is 0.616. The van der Waals surface area contributed by atoms with Gasteiger partial charge in [-0.05, 0) is 38.0 Å². The van der Waals surface area contributed by atoms with Crippen molar-refractivity contribution >= 4 is 21.9 Å². The molecule has 3 rings (SSSR count). The highest BCUT2D eigenvalue weighted by Crippen LogP contribution is 2.32. The van der Waals surface area contributed by atoms with Crippen LogP contribution in [-0.2, 0) is 26.1 Å². The summed E-state index contributed by atoms with van der Waals surface area (Å²) in [7, 11) is 0.478. The molecule has 0 saturated carbocycles. The first-order chi connectivity index (χ1) is 15.7. The minimum absolute atomic E-state index is 0.109. The predicted octanol–water partition coefficient (Wildman–Crippen LogP) is 2.11. The molecule has 180 valence electrons. The molecular formula is C22H28N2O8S. The van der Waals surface area contributed by atoms with Crippen LogP contribution in [0.5, 0.6) is 11.5 Å².